The highest BCUT2D eigenvalue weighted by atomic mass is 32.1. The largest absolute Gasteiger partial charge is 0.493 e. The van der Waals surface area contributed by atoms with E-state index in [1.54, 1.807) is 25.6 Å². The number of hydrogen-bond acceptors (Lipinski definition) is 4. The van der Waals surface area contributed by atoms with Gasteiger partial charge in [-0.25, -0.2) is 0 Å². The van der Waals surface area contributed by atoms with Crippen LogP contribution in [-0.2, 0) is 13.1 Å². The summed E-state index contributed by atoms with van der Waals surface area (Å²) in [5.74, 6) is 1.20. The summed E-state index contributed by atoms with van der Waals surface area (Å²) in [4.78, 5) is 14.0. The van der Waals surface area contributed by atoms with Crippen LogP contribution in [0.4, 0.5) is 0 Å². The summed E-state index contributed by atoms with van der Waals surface area (Å²) in [6.45, 7) is 5.17. The van der Waals surface area contributed by atoms with E-state index in [9.17, 15) is 4.79 Å². The van der Waals surface area contributed by atoms with Gasteiger partial charge < -0.3 is 19.4 Å². The predicted octanol–water partition coefficient (Wildman–Crippen LogP) is 4.16. The molecule has 27 heavy (non-hydrogen) atoms. The number of carbonyl (C=O) groups excluding carboxylic acids is 1. The first kappa shape index (κ1) is 19.0. The molecule has 1 N–H and O–H groups in total. The van der Waals surface area contributed by atoms with Crippen LogP contribution in [0, 0.1) is 13.8 Å². The zero-order valence-corrected chi connectivity index (χ0v) is 16.9. The van der Waals surface area contributed by atoms with Crippen LogP contribution < -0.4 is 14.8 Å². The first-order valence-electron chi connectivity index (χ1n) is 8.72. The van der Waals surface area contributed by atoms with Gasteiger partial charge >= 0.3 is 0 Å². The van der Waals surface area contributed by atoms with E-state index in [4.69, 9.17) is 9.47 Å². The summed E-state index contributed by atoms with van der Waals surface area (Å²) in [6.07, 6.45) is 0. The van der Waals surface area contributed by atoms with Crippen molar-refractivity contribution in [1.82, 2.24) is 9.88 Å². The minimum atomic E-state index is -0.0922. The fourth-order valence-corrected chi connectivity index (χ4v) is 3.89. The van der Waals surface area contributed by atoms with Crippen molar-refractivity contribution in [3.8, 4) is 11.5 Å². The van der Waals surface area contributed by atoms with Crippen molar-refractivity contribution < 1.29 is 14.3 Å². The monoisotopic (exact) mass is 384 g/mol. The summed E-state index contributed by atoms with van der Waals surface area (Å²) in [7, 11) is 3.20. The van der Waals surface area contributed by atoms with Gasteiger partial charge in [0.15, 0.2) is 11.5 Å². The van der Waals surface area contributed by atoms with Gasteiger partial charge in [-0.1, -0.05) is 18.2 Å². The Labute approximate surface area is 163 Å². The first-order valence-corrected chi connectivity index (χ1v) is 9.60. The third kappa shape index (κ3) is 4.01. The van der Waals surface area contributed by atoms with Gasteiger partial charge in [0.05, 0.1) is 26.3 Å². The van der Waals surface area contributed by atoms with Crippen LogP contribution in [0.2, 0.25) is 0 Å². The molecule has 0 unspecified atom stereocenters. The Hall–Kier alpha value is -2.73. The third-order valence-corrected chi connectivity index (χ3v) is 5.50. The molecule has 0 spiro atoms. The molecule has 0 aliphatic rings. The quantitative estimate of drug-likeness (QED) is 0.665. The number of thiophene rings is 1. The first-order chi connectivity index (χ1) is 13.0. The van der Waals surface area contributed by atoms with Gasteiger partial charge in [-0.15, -0.1) is 11.3 Å². The van der Waals surface area contributed by atoms with E-state index in [1.165, 1.54) is 4.88 Å². The van der Waals surface area contributed by atoms with Gasteiger partial charge in [-0.05, 0) is 37.4 Å². The van der Waals surface area contributed by atoms with E-state index in [1.807, 2.05) is 44.2 Å². The molecule has 0 aliphatic carbocycles. The molecule has 0 saturated heterocycles. The summed E-state index contributed by atoms with van der Waals surface area (Å²) < 4.78 is 12.9. The molecule has 1 aromatic carbocycles. The molecule has 6 heteroatoms. The number of carbonyl (C=O) groups is 1. The number of nitrogens with one attached hydrogen (secondary N) is 1. The smallest absolute Gasteiger partial charge is 0.253 e. The number of para-hydroxylation sites is 1. The Bertz CT molecular complexity index is 929. The van der Waals surface area contributed by atoms with Crippen molar-refractivity contribution in [2.75, 3.05) is 14.2 Å². The summed E-state index contributed by atoms with van der Waals surface area (Å²) >= 11 is 1.72. The molecule has 3 aromatic rings. The Morgan fingerprint density at radius 2 is 1.96 bits per heavy atom. The number of hydrogen-bond donors (Lipinski definition) is 1. The van der Waals surface area contributed by atoms with Crippen LogP contribution in [0.25, 0.3) is 0 Å². The lowest BCUT2D eigenvalue weighted by Crippen LogP contribution is -2.23. The highest BCUT2D eigenvalue weighted by Crippen LogP contribution is 2.30. The molecule has 2 heterocycles. The Morgan fingerprint density at radius 3 is 2.63 bits per heavy atom. The molecule has 0 atom stereocenters. The van der Waals surface area contributed by atoms with E-state index in [2.05, 4.69) is 21.3 Å². The van der Waals surface area contributed by atoms with Crippen molar-refractivity contribution >= 4 is 17.2 Å². The van der Waals surface area contributed by atoms with Crippen molar-refractivity contribution in [3.63, 3.8) is 0 Å². The zero-order chi connectivity index (χ0) is 19.4. The molecule has 0 radical (unpaired) electrons. The van der Waals surface area contributed by atoms with E-state index in [-0.39, 0.29) is 5.91 Å². The second kappa shape index (κ2) is 8.31. The average Bonchev–Trinajstić information content (AvgIpc) is 3.29. The Kier molecular flexibility index (Phi) is 5.86. The second-order valence-electron chi connectivity index (χ2n) is 6.29. The van der Waals surface area contributed by atoms with Crippen LogP contribution in [0.15, 0.2) is 41.8 Å². The SMILES string of the molecule is COc1cccc(CNC(=O)c2cc(C)n(Cc3cccs3)c2C)c1OC. The molecule has 0 aliphatic heterocycles. The van der Waals surface area contributed by atoms with Crippen LogP contribution >= 0.6 is 11.3 Å². The highest BCUT2D eigenvalue weighted by Gasteiger charge is 2.17. The maximum absolute atomic E-state index is 12.8. The van der Waals surface area contributed by atoms with Gasteiger partial charge in [0.2, 0.25) is 0 Å². The minimum absolute atomic E-state index is 0.0922. The number of methoxy groups -OCH3 is 2. The fourth-order valence-electron chi connectivity index (χ4n) is 3.20. The number of ether oxygens (including phenoxy) is 2. The van der Waals surface area contributed by atoms with Crippen molar-refractivity contribution in [2.45, 2.75) is 26.9 Å². The molecular formula is C21H24N2O3S. The molecule has 2 aromatic heterocycles. The topological polar surface area (TPSA) is 52.5 Å². The summed E-state index contributed by atoms with van der Waals surface area (Å²) in [5, 5.41) is 5.06. The predicted molar refractivity (Wildman–Crippen MR) is 108 cm³/mol. The maximum Gasteiger partial charge on any atom is 0.253 e. The standard InChI is InChI=1S/C21H24N2O3S/c1-14-11-18(15(2)23(14)13-17-8-6-10-27-17)21(24)22-12-16-7-5-9-19(25-3)20(16)26-4/h5-11H,12-13H2,1-4H3,(H,22,24). The van der Waals surface area contributed by atoms with E-state index >= 15 is 0 Å². The van der Waals surface area contributed by atoms with Gasteiger partial charge in [-0.2, -0.15) is 0 Å². The average molecular weight is 385 g/mol. The molecular weight excluding hydrogens is 360 g/mol. The van der Waals surface area contributed by atoms with Crippen LogP contribution in [0.1, 0.15) is 32.2 Å². The molecule has 3 rings (SSSR count). The molecule has 0 fully saturated rings. The van der Waals surface area contributed by atoms with E-state index < -0.39 is 0 Å². The number of amides is 1. The Balaban J connectivity index is 1.76. The number of nitrogens with zero attached hydrogens (tertiary/aromatic N) is 1. The lowest BCUT2D eigenvalue weighted by atomic mass is 10.1. The van der Waals surface area contributed by atoms with Gasteiger partial charge in [0, 0.05) is 28.4 Å². The normalized spacial score (nSPS) is 10.7. The third-order valence-electron chi connectivity index (χ3n) is 4.64. The molecule has 142 valence electrons. The van der Waals surface area contributed by atoms with Crippen LogP contribution in [0.5, 0.6) is 11.5 Å². The number of aromatic nitrogens is 1. The molecule has 0 saturated carbocycles. The summed E-state index contributed by atoms with van der Waals surface area (Å²) in [5.41, 5.74) is 3.62. The Morgan fingerprint density at radius 1 is 1.15 bits per heavy atom. The maximum atomic E-state index is 12.8. The zero-order valence-electron chi connectivity index (χ0n) is 16.0. The van der Waals surface area contributed by atoms with E-state index in [0.717, 1.165) is 23.5 Å². The lowest BCUT2D eigenvalue weighted by molar-refractivity contribution is 0.0950. The minimum Gasteiger partial charge on any atom is -0.493 e. The molecule has 5 nitrogen and oxygen atoms in total. The van der Waals surface area contributed by atoms with Crippen molar-refractivity contribution in [3.05, 3.63) is 69.2 Å². The van der Waals surface area contributed by atoms with Crippen molar-refractivity contribution in [2.24, 2.45) is 0 Å². The van der Waals surface area contributed by atoms with Gasteiger partial charge in [-0.3, -0.25) is 4.79 Å². The van der Waals surface area contributed by atoms with Gasteiger partial charge in [0.25, 0.3) is 5.91 Å². The van der Waals surface area contributed by atoms with Gasteiger partial charge in [0.1, 0.15) is 0 Å². The molecule has 0 bridgehead atoms. The number of aryl methyl sites for hydroxylation is 1. The lowest BCUT2D eigenvalue weighted by Gasteiger charge is -2.13. The second-order valence-corrected chi connectivity index (χ2v) is 7.32. The van der Waals surface area contributed by atoms with E-state index in [0.29, 0.717) is 23.6 Å². The van der Waals surface area contributed by atoms with Crippen LogP contribution in [0.3, 0.4) is 0 Å². The number of rotatable bonds is 7. The van der Waals surface area contributed by atoms with Crippen LogP contribution in [-0.4, -0.2) is 24.7 Å². The fraction of sp³-hybridized carbons (Fsp3) is 0.286. The van der Waals surface area contributed by atoms with Crippen molar-refractivity contribution in [1.29, 1.82) is 0 Å². The highest BCUT2D eigenvalue weighted by molar-refractivity contribution is 7.09. The number of benzene rings is 1. The summed E-state index contributed by atoms with van der Waals surface area (Å²) in [6, 6.07) is 11.7. The molecule has 1 amide bonds.